The van der Waals surface area contributed by atoms with Gasteiger partial charge in [0.15, 0.2) is 5.78 Å². The second-order valence-corrected chi connectivity index (χ2v) is 8.33. The van der Waals surface area contributed by atoms with Crippen molar-refractivity contribution in [2.75, 3.05) is 11.1 Å². The van der Waals surface area contributed by atoms with Gasteiger partial charge in [-0.05, 0) is 68.3 Å². The zero-order chi connectivity index (χ0) is 22.0. The van der Waals surface area contributed by atoms with Gasteiger partial charge < -0.3 is 5.32 Å². The van der Waals surface area contributed by atoms with Gasteiger partial charge in [-0.25, -0.2) is 9.50 Å². The van der Waals surface area contributed by atoms with Crippen molar-refractivity contribution >= 4 is 34.7 Å². The van der Waals surface area contributed by atoms with Crippen molar-refractivity contribution in [2.24, 2.45) is 0 Å². The summed E-state index contributed by atoms with van der Waals surface area (Å²) in [4.78, 5) is 28.2. The minimum absolute atomic E-state index is 0.00595. The third-order valence-electron chi connectivity index (χ3n) is 5.07. The van der Waals surface area contributed by atoms with Crippen LogP contribution in [0.25, 0.3) is 16.8 Å². The van der Waals surface area contributed by atoms with Crippen LogP contribution in [0.5, 0.6) is 0 Å². The van der Waals surface area contributed by atoms with E-state index in [4.69, 9.17) is 0 Å². The Morgan fingerprint density at radius 2 is 1.81 bits per heavy atom. The lowest BCUT2D eigenvalue weighted by atomic mass is 10.0. The van der Waals surface area contributed by atoms with Gasteiger partial charge in [0.1, 0.15) is 5.03 Å². The van der Waals surface area contributed by atoms with Gasteiger partial charge in [0.25, 0.3) is 0 Å². The standard InChI is InChI=1S/C24H22N4O2S/c1-15-4-5-19(12-16(15)2)21-13-22-24(25-10-11-28(22)27-21)31-14-23(30)26-20-8-6-18(7-9-20)17(3)29/h4-13H,14H2,1-3H3,(H,26,30). The van der Waals surface area contributed by atoms with Crippen LogP contribution >= 0.6 is 11.8 Å². The molecule has 0 aliphatic heterocycles. The Labute approximate surface area is 184 Å². The van der Waals surface area contributed by atoms with Gasteiger partial charge >= 0.3 is 0 Å². The van der Waals surface area contributed by atoms with Crippen molar-refractivity contribution in [3.8, 4) is 11.3 Å². The second-order valence-electron chi connectivity index (χ2n) is 7.36. The number of nitrogens with zero attached hydrogens (tertiary/aromatic N) is 3. The molecule has 1 amide bonds. The largest absolute Gasteiger partial charge is 0.325 e. The molecule has 0 saturated heterocycles. The molecule has 0 bridgehead atoms. The number of thioether (sulfide) groups is 1. The van der Waals surface area contributed by atoms with Crippen molar-refractivity contribution in [2.45, 2.75) is 25.8 Å². The molecule has 2 heterocycles. The molecule has 0 spiro atoms. The number of hydrogen-bond acceptors (Lipinski definition) is 5. The first-order chi connectivity index (χ1) is 14.9. The fourth-order valence-electron chi connectivity index (χ4n) is 3.17. The topological polar surface area (TPSA) is 76.4 Å². The van der Waals surface area contributed by atoms with Gasteiger partial charge in [0, 0.05) is 29.2 Å². The molecule has 0 saturated carbocycles. The summed E-state index contributed by atoms with van der Waals surface area (Å²) >= 11 is 1.36. The van der Waals surface area contributed by atoms with E-state index < -0.39 is 0 Å². The van der Waals surface area contributed by atoms with E-state index in [0.29, 0.717) is 11.3 Å². The Bertz CT molecular complexity index is 1280. The van der Waals surface area contributed by atoms with Crippen LogP contribution in [0, 0.1) is 13.8 Å². The molecule has 2 aromatic heterocycles. The monoisotopic (exact) mass is 430 g/mol. The lowest BCUT2D eigenvalue weighted by molar-refractivity contribution is -0.113. The molecule has 0 aliphatic rings. The predicted octanol–water partition coefficient (Wildman–Crippen LogP) is 4.95. The minimum Gasteiger partial charge on any atom is -0.325 e. The summed E-state index contributed by atoms with van der Waals surface area (Å²) in [7, 11) is 0. The molecule has 2 aromatic carbocycles. The average Bonchev–Trinajstić information content (AvgIpc) is 3.19. The molecule has 156 valence electrons. The van der Waals surface area contributed by atoms with Crippen molar-refractivity contribution in [3.05, 3.63) is 77.6 Å². The first-order valence-corrected chi connectivity index (χ1v) is 10.8. The van der Waals surface area contributed by atoms with Crippen LogP contribution in [-0.4, -0.2) is 32.0 Å². The number of Topliss-reactive ketones (excluding diaryl/α,β-unsaturated/α-hetero) is 1. The smallest absolute Gasteiger partial charge is 0.234 e. The number of nitrogens with one attached hydrogen (secondary N) is 1. The summed E-state index contributed by atoms with van der Waals surface area (Å²) in [6.45, 7) is 5.69. The van der Waals surface area contributed by atoms with Gasteiger partial charge in [-0.15, -0.1) is 0 Å². The Morgan fingerprint density at radius 3 is 2.52 bits per heavy atom. The van der Waals surface area contributed by atoms with Crippen LogP contribution < -0.4 is 5.32 Å². The highest BCUT2D eigenvalue weighted by molar-refractivity contribution is 8.00. The van der Waals surface area contributed by atoms with E-state index in [2.05, 4.69) is 47.4 Å². The maximum absolute atomic E-state index is 12.4. The fourth-order valence-corrected chi connectivity index (χ4v) is 3.95. The summed E-state index contributed by atoms with van der Waals surface area (Å²) in [5, 5.41) is 8.26. The molecule has 0 radical (unpaired) electrons. The number of aryl methyl sites for hydroxylation is 2. The number of carbonyl (C=O) groups is 2. The molecule has 0 fully saturated rings. The molecular weight excluding hydrogens is 408 g/mol. The highest BCUT2D eigenvalue weighted by Crippen LogP contribution is 2.27. The second kappa shape index (κ2) is 8.73. The van der Waals surface area contributed by atoms with E-state index in [-0.39, 0.29) is 17.4 Å². The van der Waals surface area contributed by atoms with Gasteiger partial charge in [-0.1, -0.05) is 23.9 Å². The molecule has 1 N–H and O–H groups in total. The highest BCUT2D eigenvalue weighted by Gasteiger charge is 2.12. The molecule has 0 unspecified atom stereocenters. The number of rotatable bonds is 6. The zero-order valence-electron chi connectivity index (χ0n) is 17.5. The van der Waals surface area contributed by atoms with Gasteiger partial charge in [-0.3, -0.25) is 9.59 Å². The SMILES string of the molecule is CC(=O)c1ccc(NC(=O)CSc2nccn3nc(-c4ccc(C)c(C)c4)cc23)cc1. The normalized spacial score (nSPS) is 10.9. The van der Waals surface area contributed by atoms with Crippen molar-refractivity contribution in [1.29, 1.82) is 0 Å². The number of fused-ring (bicyclic) bond motifs is 1. The van der Waals surface area contributed by atoms with E-state index >= 15 is 0 Å². The Kier molecular flexibility index (Phi) is 5.86. The van der Waals surface area contributed by atoms with Crippen LogP contribution in [0.4, 0.5) is 5.69 Å². The lowest BCUT2D eigenvalue weighted by Crippen LogP contribution is -2.14. The molecule has 0 aliphatic carbocycles. The number of aromatic nitrogens is 3. The molecule has 31 heavy (non-hydrogen) atoms. The van der Waals surface area contributed by atoms with E-state index in [1.807, 2.05) is 6.07 Å². The predicted molar refractivity (Wildman–Crippen MR) is 124 cm³/mol. The van der Waals surface area contributed by atoms with Crippen LogP contribution in [0.2, 0.25) is 0 Å². The third-order valence-corrected chi connectivity index (χ3v) is 6.07. The van der Waals surface area contributed by atoms with Crippen molar-refractivity contribution in [3.63, 3.8) is 0 Å². The highest BCUT2D eigenvalue weighted by atomic mass is 32.2. The maximum atomic E-state index is 12.4. The van der Waals surface area contributed by atoms with Gasteiger partial charge in [-0.2, -0.15) is 5.10 Å². The lowest BCUT2D eigenvalue weighted by Gasteiger charge is -2.06. The Morgan fingerprint density at radius 1 is 1.03 bits per heavy atom. The van der Waals surface area contributed by atoms with E-state index in [9.17, 15) is 9.59 Å². The van der Waals surface area contributed by atoms with Crippen LogP contribution in [-0.2, 0) is 4.79 Å². The summed E-state index contributed by atoms with van der Waals surface area (Å²) in [5.41, 5.74) is 6.51. The zero-order valence-corrected chi connectivity index (χ0v) is 18.4. The van der Waals surface area contributed by atoms with Crippen LogP contribution in [0.15, 0.2) is 66.0 Å². The number of anilines is 1. The van der Waals surface area contributed by atoms with Gasteiger partial charge in [0.05, 0.1) is 17.0 Å². The fraction of sp³-hybridized carbons (Fsp3) is 0.167. The first kappa shape index (κ1) is 20.8. The number of hydrogen-bond donors (Lipinski definition) is 1. The Hall–Kier alpha value is -3.45. The van der Waals surface area contributed by atoms with Crippen molar-refractivity contribution < 1.29 is 9.59 Å². The summed E-state index contributed by atoms with van der Waals surface area (Å²) < 4.78 is 1.79. The summed E-state index contributed by atoms with van der Waals surface area (Å²) in [5.74, 6) is 0.0671. The average molecular weight is 431 g/mol. The van der Waals surface area contributed by atoms with Crippen LogP contribution in [0.3, 0.4) is 0 Å². The first-order valence-electron chi connectivity index (χ1n) is 9.86. The molecule has 4 aromatic rings. The third kappa shape index (κ3) is 4.67. The minimum atomic E-state index is -0.140. The van der Waals surface area contributed by atoms with Crippen LogP contribution in [0.1, 0.15) is 28.4 Å². The number of ketones is 1. The maximum Gasteiger partial charge on any atom is 0.234 e. The Balaban J connectivity index is 1.48. The van der Waals surface area contributed by atoms with E-state index in [1.165, 1.54) is 29.8 Å². The molecule has 6 nitrogen and oxygen atoms in total. The molecule has 4 rings (SSSR count). The van der Waals surface area contributed by atoms with Crippen molar-refractivity contribution in [1.82, 2.24) is 14.6 Å². The number of amides is 1. The molecule has 7 heteroatoms. The molecule has 0 atom stereocenters. The molecular formula is C24H22N4O2S. The number of benzene rings is 2. The summed E-state index contributed by atoms with van der Waals surface area (Å²) in [6.07, 6.45) is 3.49. The quantitative estimate of drug-likeness (QED) is 0.346. The number of carbonyl (C=O) groups excluding carboxylic acids is 2. The summed E-state index contributed by atoms with van der Waals surface area (Å²) in [6, 6.07) is 15.1. The van der Waals surface area contributed by atoms with Gasteiger partial charge in [0.2, 0.25) is 5.91 Å². The van der Waals surface area contributed by atoms with E-state index in [1.54, 1.807) is 41.2 Å². The van der Waals surface area contributed by atoms with E-state index in [0.717, 1.165) is 21.8 Å².